The number of hydrogen-bond acceptors (Lipinski definition) is 4. The Balaban J connectivity index is 2.36. The van der Waals surface area contributed by atoms with Crippen LogP contribution in [0.5, 0.6) is 0 Å². The Kier molecular flexibility index (Phi) is 4.85. The van der Waals surface area contributed by atoms with Crippen LogP contribution < -0.4 is 11.1 Å². The number of rotatable bonds is 4. The number of hydrogen-bond donors (Lipinski definition) is 2. The fraction of sp³-hybridized carbons (Fsp3) is 0.133. The minimum atomic E-state index is -3.64. The van der Waals surface area contributed by atoms with Crippen LogP contribution in [0.2, 0.25) is 5.02 Å². The van der Waals surface area contributed by atoms with Crippen molar-refractivity contribution in [1.29, 1.82) is 0 Å². The Morgan fingerprint density at radius 2 is 1.77 bits per heavy atom. The Hall–Kier alpha value is -1.89. The van der Waals surface area contributed by atoms with Gasteiger partial charge in [0.15, 0.2) is 0 Å². The summed E-state index contributed by atoms with van der Waals surface area (Å²) in [6, 6.07) is 11.5. The molecule has 0 radical (unpaired) electrons. The molecule has 22 heavy (non-hydrogen) atoms. The Morgan fingerprint density at radius 3 is 2.32 bits per heavy atom. The van der Waals surface area contributed by atoms with Crippen LogP contribution in [-0.4, -0.2) is 20.4 Å². The van der Waals surface area contributed by atoms with E-state index >= 15 is 0 Å². The topological polar surface area (TPSA) is 89.3 Å². The number of nitrogens with two attached hydrogens (primary N) is 1. The van der Waals surface area contributed by atoms with Gasteiger partial charge >= 0.3 is 0 Å². The fourth-order valence-electron chi connectivity index (χ4n) is 1.75. The predicted molar refractivity (Wildman–Crippen MR) is 85.6 cm³/mol. The molecule has 0 spiro atoms. The lowest BCUT2D eigenvalue weighted by atomic mass is 10.3. The van der Waals surface area contributed by atoms with Crippen molar-refractivity contribution >= 4 is 33.0 Å². The summed E-state index contributed by atoms with van der Waals surface area (Å²) in [5.41, 5.74) is 5.77. The van der Waals surface area contributed by atoms with Crippen molar-refractivity contribution in [3.63, 3.8) is 0 Å². The van der Waals surface area contributed by atoms with Gasteiger partial charge < -0.3 is 11.1 Å². The quantitative estimate of drug-likeness (QED) is 0.896. The van der Waals surface area contributed by atoms with E-state index in [0.29, 0.717) is 5.69 Å². The van der Waals surface area contributed by atoms with Crippen LogP contribution in [0.4, 0.5) is 5.69 Å². The van der Waals surface area contributed by atoms with Crippen LogP contribution in [0.25, 0.3) is 0 Å². The third-order valence-electron chi connectivity index (χ3n) is 2.98. The van der Waals surface area contributed by atoms with Gasteiger partial charge in [-0.1, -0.05) is 29.8 Å². The summed E-state index contributed by atoms with van der Waals surface area (Å²) in [6.45, 7) is 1.54. The minimum Gasteiger partial charge on any atom is -0.323 e. The molecule has 0 saturated heterocycles. The van der Waals surface area contributed by atoms with Gasteiger partial charge in [-0.15, -0.1) is 0 Å². The summed E-state index contributed by atoms with van der Waals surface area (Å²) in [6.07, 6.45) is 0. The smallest absolute Gasteiger partial charge is 0.241 e. The molecule has 2 aromatic carbocycles. The lowest BCUT2D eigenvalue weighted by molar-refractivity contribution is -0.117. The van der Waals surface area contributed by atoms with Gasteiger partial charge in [0.1, 0.15) is 0 Å². The number of carbonyl (C=O) groups is 1. The summed E-state index contributed by atoms with van der Waals surface area (Å²) in [4.78, 5) is 11.8. The largest absolute Gasteiger partial charge is 0.323 e. The maximum Gasteiger partial charge on any atom is 0.241 e. The summed E-state index contributed by atoms with van der Waals surface area (Å²) in [7, 11) is -3.64. The van der Waals surface area contributed by atoms with Crippen LogP contribution >= 0.6 is 11.6 Å². The molecule has 1 amide bonds. The van der Waals surface area contributed by atoms with E-state index in [4.69, 9.17) is 17.3 Å². The predicted octanol–water partition coefficient (Wildman–Crippen LogP) is 2.46. The second kappa shape index (κ2) is 6.48. The molecule has 0 bridgehead atoms. The lowest BCUT2D eigenvalue weighted by Crippen LogP contribution is -2.32. The van der Waals surface area contributed by atoms with E-state index in [1.807, 2.05) is 0 Å². The third-order valence-corrected chi connectivity index (χ3v) is 5.06. The number of amides is 1. The van der Waals surface area contributed by atoms with Crippen molar-refractivity contribution in [2.75, 3.05) is 5.32 Å². The maximum atomic E-state index is 12.5. The summed E-state index contributed by atoms with van der Waals surface area (Å²) in [5, 5.41) is 2.67. The van der Waals surface area contributed by atoms with Crippen LogP contribution in [-0.2, 0) is 14.6 Å². The van der Waals surface area contributed by atoms with E-state index < -0.39 is 21.8 Å². The SMILES string of the molecule is CC(N)C(=O)Nc1ccc(S(=O)(=O)c2ccccc2)cc1Cl. The highest BCUT2D eigenvalue weighted by Crippen LogP contribution is 2.28. The average Bonchev–Trinajstić information content (AvgIpc) is 2.49. The first-order chi connectivity index (χ1) is 10.3. The van der Waals surface area contributed by atoms with Crippen LogP contribution in [0, 0.1) is 0 Å². The number of nitrogens with one attached hydrogen (secondary N) is 1. The van der Waals surface area contributed by atoms with Gasteiger partial charge in [-0.3, -0.25) is 4.79 Å². The summed E-state index contributed by atoms with van der Waals surface area (Å²) < 4.78 is 24.9. The highest BCUT2D eigenvalue weighted by molar-refractivity contribution is 7.91. The monoisotopic (exact) mass is 338 g/mol. The van der Waals surface area contributed by atoms with E-state index in [9.17, 15) is 13.2 Å². The molecule has 7 heteroatoms. The highest BCUT2D eigenvalue weighted by atomic mass is 35.5. The Bertz CT molecular complexity index is 790. The molecule has 1 atom stereocenters. The molecule has 0 saturated carbocycles. The first-order valence-electron chi connectivity index (χ1n) is 6.48. The van der Waals surface area contributed by atoms with Crippen molar-refractivity contribution in [3.8, 4) is 0 Å². The minimum absolute atomic E-state index is 0.0579. The first-order valence-corrected chi connectivity index (χ1v) is 8.34. The van der Waals surface area contributed by atoms with Gasteiger partial charge in [-0.05, 0) is 37.3 Å². The number of benzene rings is 2. The molecule has 2 aromatic rings. The van der Waals surface area contributed by atoms with Crippen molar-refractivity contribution in [3.05, 3.63) is 53.6 Å². The van der Waals surface area contributed by atoms with Crippen LogP contribution in [0.1, 0.15) is 6.92 Å². The van der Waals surface area contributed by atoms with Crippen molar-refractivity contribution < 1.29 is 13.2 Å². The van der Waals surface area contributed by atoms with E-state index in [-0.39, 0.29) is 14.8 Å². The van der Waals surface area contributed by atoms with Gasteiger partial charge in [-0.2, -0.15) is 0 Å². The Morgan fingerprint density at radius 1 is 1.14 bits per heavy atom. The number of sulfone groups is 1. The van der Waals surface area contributed by atoms with Crippen LogP contribution in [0.3, 0.4) is 0 Å². The maximum absolute atomic E-state index is 12.5. The number of halogens is 1. The van der Waals surface area contributed by atoms with Gasteiger partial charge in [-0.25, -0.2) is 8.42 Å². The molecule has 1 unspecified atom stereocenters. The van der Waals surface area contributed by atoms with Crippen molar-refractivity contribution in [1.82, 2.24) is 0 Å². The van der Waals surface area contributed by atoms with E-state index in [1.54, 1.807) is 18.2 Å². The number of carbonyl (C=O) groups excluding carboxylic acids is 1. The average molecular weight is 339 g/mol. The molecule has 0 aromatic heterocycles. The third kappa shape index (κ3) is 3.47. The zero-order valence-corrected chi connectivity index (χ0v) is 13.4. The lowest BCUT2D eigenvalue weighted by Gasteiger charge is -2.11. The molecule has 3 N–H and O–H groups in total. The van der Waals surface area contributed by atoms with E-state index in [0.717, 1.165) is 0 Å². The molecule has 0 aliphatic heterocycles. The molecule has 0 fully saturated rings. The van der Waals surface area contributed by atoms with E-state index in [1.165, 1.54) is 37.3 Å². The molecule has 0 aliphatic rings. The Labute approximate surface area is 134 Å². The molecule has 0 heterocycles. The van der Waals surface area contributed by atoms with Gasteiger partial charge in [0.25, 0.3) is 0 Å². The molecule has 2 rings (SSSR count). The summed E-state index contributed by atoms with van der Waals surface area (Å²) in [5.74, 6) is -0.402. The number of anilines is 1. The summed E-state index contributed by atoms with van der Waals surface area (Å²) >= 11 is 6.05. The van der Waals surface area contributed by atoms with Gasteiger partial charge in [0, 0.05) is 0 Å². The van der Waals surface area contributed by atoms with Crippen molar-refractivity contribution in [2.45, 2.75) is 22.8 Å². The molecule has 5 nitrogen and oxygen atoms in total. The van der Waals surface area contributed by atoms with E-state index in [2.05, 4.69) is 5.32 Å². The molecule has 116 valence electrons. The van der Waals surface area contributed by atoms with Gasteiger partial charge in [0.2, 0.25) is 15.7 Å². The first kappa shape index (κ1) is 16.5. The normalized spacial score (nSPS) is 12.7. The molecular weight excluding hydrogens is 324 g/mol. The van der Waals surface area contributed by atoms with Crippen molar-refractivity contribution in [2.24, 2.45) is 5.73 Å². The zero-order chi connectivity index (χ0) is 16.3. The molecular formula is C15H15ClN2O3S. The second-order valence-electron chi connectivity index (χ2n) is 4.74. The van der Waals surface area contributed by atoms with Crippen LogP contribution in [0.15, 0.2) is 58.3 Å². The fourth-order valence-corrected chi connectivity index (χ4v) is 3.35. The highest BCUT2D eigenvalue weighted by Gasteiger charge is 2.19. The molecule has 0 aliphatic carbocycles. The zero-order valence-electron chi connectivity index (χ0n) is 11.8. The standard InChI is InChI=1S/C15H15ClN2O3S/c1-10(17)15(19)18-14-8-7-12(9-13(14)16)22(20,21)11-5-3-2-4-6-11/h2-10H,17H2,1H3,(H,18,19). The van der Waals surface area contributed by atoms with Gasteiger partial charge in [0.05, 0.1) is 26.5 Å². The second-order valence-corrected chi connectivity index (χ2v) is 7.09.